The van der Waals surface area contributed by atoms with Gasteiger partial charge in [0.05, 0.1) is 0 Å². The first-order valence-electron chi connectivity index (χ1n) is 12.5. The lowest BCUT2D eigenvalue weighted by Crippen LogP contribution is -2.55. The van der Waals surface area contributed by atoms with Crippen molar-refractivity contribution in [2.24, 2.45) is 0 Å². The molecule has 2 aromatic carbocycles. The standard InChI is InChI=1S/C29H40N2O5/c1-8-24(30(7)28(34)35-20-23-13-11-10-12-14-23)26(32)31(9-2)25(27(33)36-29(4,5)6)19-22-17-15-21(3)16-18-22/h10-18,24-25H,8-9,19-20H2,1-7H3/t24-,25-/m0/s1. The Morgan fingerprint density at radius 3 is 2.03 bits per heavy atom. The molecule has 0 fully saturated rings. The molecule has 196 valence electrons. The summed E-state index contributed by atoms with van der Waals surface area (Å²) in [5.41, 5.74) is 2.19. The summed E-state index contributed by atoms with van der Waals surface area (Å²) in [6, 6.07) is 15.6. The average molecular weight is 497 g/mol. The van der Waals surface area contributed by atoms with Crippen molar-refractivity contribution in [1.82, 2.24) is 9.80 Å². The van der Waals surface area contributed by atoms with Gasteiger partial charge in [-0.1, -0.05) is 67.1 Å². The van der Waals surface area contributed by atoms with Crippen LogP contribution in [0.1, 0.15) is 57.7 Å². The summed E-state index contributed by atoms with van der Waals surface area (Å²) >= 11 is 0. The van der Waals surface area contributed by atoms with Gasteiger partial charge in [-0.15, -0.1) is 0 Å². The van der Waals surface area contributed by atoms with Crippen LogP contribution in [-0.4, -0.2) is 59.0 Å². The number of carbonyl (C=O) groups is 3. The Bertz CT molecular complexity index is 999. The first kappa shape index (κ1) is 28.9. The monoisotopic (exact) mass is 496 g/mol. The van der Waals surface area contributed by atoms with Crippen LogP contribution >= 0.6 is 0 Å². The number of benzene rings is 2. The van der Waals surface area contributed by atoms with E-state index in [1.165, 1.54) is 9.80 Å². The van der Waals surface area contributed by atoms with Gasteiger partial charge in [-0.3, -0.25) is 9.69 Å². The minimum absolute atomic E-state index is 0.111. The lowest BCUT2D eigenvalue weighted by Gasteiger charge is -2.36. The molecular formula is C29H40N2O5. The molecule has 0 radical (unpaired) electrons. The summed E-state index contributed by atoms with van der Waals surface area (Å²) in [7, 11) is 1.55. The van der Waals surface area contributed by atoms with Gasteiger partial charge < -0.3 is 14.4 Å². The first-order chi connectivity index (χ1) is 17.0. The molecule has 0 saturated heterocycles. The fourth-order valence-corrected chi connectivity index (χ4v) is 3.92. The fourth-order valence-electron chi connectivity index (χ4n) is 3.92. The van der Waals surface area contributed by atoms with Gasteiger partial charge in [0.2, 0.25) is 5.91 Å². The van der Waals surface area contributed by atoms with E-state index in [2.05, 4.69) is 0 Å². The highest BCUT2D eigenvalue weighted by atomic mass is 16.6. The topological polar surface area (TPSA) is 76.2 Å². The van der Waals surface area contributed by atoms with Crippen LogP contribution in [0.4, 0.5) is 4.79 Å². The van der Waals surface area contributed by atoms with E-state index in [0.717, 1.165) is 16.7 Å². The van der Waals surface area contributed by atoms with Crippen LogP contribution in [0, 0.1) is 6.92 Å². The zero-order chi connectivity index (χ0) is 26.9. The van der Waals surface area contributed by atoms with Gasteiger partial charge in [0.1, 0.15) is 24.3 Å². The maximum Gasteiger partial charge on any atom is 0.410 e. The van der Waals surface area contributed by atoms with Crippen molar-refractivity contribution >= 4 is 18.0 Å². The molecule has 0 aliphatic carbocycles. The summed E-state index contributed by atoms with van der Waals surface area (Å²) in [5.74, 6) is -0.787. The van der Waals surface area contributed by atoms with Gasteiger partial charge in [0.15, 0.2) is 0 Å². The number of ether oxygens (including phenoxy) is 2. The van der Waals surface area contributed by atoms with Crippen molar-refractivity contribution in [2.75, 3.05) is 13.6 Å². The number of nitrogens with zero attached hydrogens (tertiary/aromatic N) is 2. The normalized spacial score (nSPS) is 12.9. The smallest absolute Gasteiger partial charge is 0.410 e. The Morgan fingerprint density at radius 1 is 0.889 bits per heavy atom. The molecule has 0 spiro atoms. The maximum atomic E-state index is 13.8. The molecule has 36 heavy (non-hydrogen) atoms. The fraction of sp³-hybridized carbons (Fsp3) is 0.483. The Labute approximate surface area is 215 Å². The van der Waals surface area contributed by atoms with E-state index in [-0.39, 0.29) is 19.1 Å². The van der Waals surface area contributed by atoms with Crippen LogP contribution in [0.3, 0.4) is 0 Å². The van der Waals surface area contributed by atoms with Gasteiger partial charge in [-0.25, -0.2) is 9.59 Å². The number of carbonyl (C=O) groups excluding carboxylic acids is 3. The molecule has 0 saturated carbocycles. The summed E-state index contributed by atoms with van der Waals surface area (Å²) in [5, 5.41) is 0. The maximum absolute atomic E-state index is 13.8. The molecule has 0 aliphatic heterocycles. The predicted octanol–water partition coefficient (Wildman–Crippen LogP) is 5.14. The molecule has 2 amide bonds. The molecule has 2 aromatic rings. The third kappa shape index (κ3) is 8.40. The number of esters is 1. The van der Waals surface area contributed by atoms with Crippen LogP contribution < -0.4 is 0 Å². The van der Waals surface area contributed by atoms with E-state index in [0.29, 0.717) is 12.8 Å². The van der Waals surface area contributed by atoms with Crippen LogP contribution in [0.25, 0.3) is 0 Å². The molecule has 7 nitrogen and oxygen atoms in total. The molecule has 0 heterocycles. The highest BCUT2D eigenvalue weighted by Gasteiger charge is 2.37. The Morgan fingerprint density at radius 2 is 1.50 bits per heavy atom. The van der Waals surface area contributed by atoms with Gasteiger partial charge >= 0.3 is 12.1 Å². The van der Waals surface area contributed by atoms with Crippen molar-refractivity contribution in [3.63, 3.8) is 0 Å². The van der Waals surface area contributed by atoms with Crippen molar-refractivity contribution in [3.05, 3.63) is 71.3 Å². The van der Waals surface area contributed by atoms with Crippen LogP contribution in [0.2, 0.25) is 0 Å². The quantitative estimate of drug-likeness (QED) is 0.426. The van der Waals surface area contributed by atoms with Crippen LogP contribution in [0.5, 0.6) is 0 Å². The molecule has 2 rings (SSSR count). The summed E-state index contributed by atoms with van der Waals surface area (Å²) < 4.78 is 11.1. The Balaban J connectivity index is 2.25. The van der Waals surface area contributed by atoms with Crippen molar-refractivity contribution in [2.45, 2.75) is 78.7 Å². The minimum atomic E-state index is -0.827. The number of hydrogen-bond donors (Lipinski definition) is 0. The zero-order valence-electron chi connectivity index (χ0n) is 22.6. The van der Waals surface area contributed by atoms with E-state index in [1.54, 1.807) is 27.8 Å². The first-order valence-corrected chi connectivity index (χ1v) is 12.5. The number of aryl methyl sites for hydroxylation is 1. The number of hydrogen-bond acceptors (Lipinski definition) is 5. The second kappa shape index (κ2) is 13.1. The summed E-state index contributed by atoms with van der Waals surface area (Å²) in [6.07, 6.45) is 0.0908. The Kier molecular flexibility index (Phi) is 10.5. The molecule has 7 heteroatoms. The van der Waals surface area contributed by atoms with E-state index in [4.69, 9.17) is 9.47 Å². The van der Waals surface area contributed by atoms with E-state index in [1.807, 2.05) is 75.4 Å². The largest absolute Gasteiger partial charge is 0.458 e. The van der Waals surface area contributed by atoms with E-state index < -0.39 is 29.7 Å². The number of amides is 2. The average Bonchev–Trinajstić information content (AvgIpc) is 2.83. The van der Waals surface area contributed by atoms with E-state index >= 15 is 0 Å². The van der Waals surface area contributed by atoms with Crippen LogP contribution in [0.15, 0.2) is 54.6 Å². The summed E-state index contributed by atoms with van der Waals surface area (Å²) in [4.78, 5) is 42.7. The molecule has 0 aliphatic rings. The number of likely N-dealkylation sites (N-methyl/N-ethyl adjacent to an activating group) is 2. The minimum Gasteiger partial charge on any atom is -0.458 e. The third-order valence-corrected chi connectivity index (χ3v) is 5.86. The zero-order valence-corrected chi connectivity index (χ0v) is 22.6. The Hall–Kier alpha value is -3.35. The van der Waals surface area contributed by atoms with Crippen molar-refractivity contribution < 1.29 is 23.9 Å². The van der Waals surface area contributed by atoms with Gasteiger partial charge in [0.25, 0.3) is 0 Å². The third-order valence-electron chi connectivity index (χ3n) is 5.86. The second-order valence-corrected chi connectivity index (χ2v) is 9.94. The second-order valence-electron chi connectivity index (χ2n) is 9.94. The molecule has 0 bridgehead atoms. The summed E-state index contributed by atoms with van der Waals surface area (Å²) in [6.45, 7) is 11.5. The lowest BCUT2D eigenvalue weighted by molar-refractivity contribution is -0.165. The van der Waals surface area contributed by atoms with Crippen LogP contribution in [-0.2, 0) is 32.1 Å². The van der Waals surface area contributed by atoms with Crippen molar-refractivity contribution in [3.8, 4) is 0 Å². The molecule has 0 unspecified atom stereocenters. The number of rotatable bonds is 10. The van der Waals surface area contributed by atoms with Gasteiger partial charge in [-0.2, -0.15) is 0 Å². The van der Waals surface area contributed by atoms with Crippen molar-refractivity contribution in [1.29, 1.82) is 0 Å². The predicted molar refractivity (Wildman–Crippen MR) is 140 cm³/mol. The molecular weight excluding hydrogens is 456 g/mol. The van der Waals surface area contributed by atoms with Gasteiger partial charge in [-0.05, 0) is 52.2 Å². The molecule has 2 atom stereocenters. The molecule has 0 N–H and O–H groups in total. The van der Waals surface area contributed by atoms with E-state index in [9.17, 15) is 14.4 Å². The highest BCUT2D eigenvalue weighted by Crippen LogP contribution is 2.19. The molecule has 0 aromatic heterocycles. The highest BCUT2D eigenvalue weighted by molar-refractivity contribution is 5.90. The van der Waals surface area contributed by atoms with Gasteiger partial charge in [0, 0.05) is 20.0 Å². The lowest BCUT2D eigenvalue weighted by atomic mass is 10.0. The SMILES string of the molecule is CC[C@@H](C(=O)N(CC)[C@@H](Cc1ccc(C)cc1)C(=O)OC(C)(C)C)N(C)C(=O)OCc1ccccc1.